The molecule has 0 unspecified atom stereocenters. The van der Waals surface area contributed by atoms with Gasteiger partial charge in [0.1, 0.15) is 29.1 Å². The Labute approximate surface area is 217 Å². The fraction of sp³-hybridized carbons (Fsp3) is 0.321. The number of Topliss-reactive ketones (excluding diaryl/α,β-unsaturated/α-hetero) is 1. The number of rotatable bonds is 7. The van der Waals surface area contributed by atoms with Gasteiger partial charge in [-0.25, -0.2) is 13.6 Å². The third kappa shape index (κ3) is 5.55. The van der Waals surface area contributed by atoms with E-state index in [-0.39, 0.29) is 17.7 Å². The Kier molecular flexibility index (Phi) is 7.04. The van der Waals surface area contributed by atoms with Gasteiger partial charge in [0.25, 0.3) is 0 Å². The molecule has 3 saturated heterocycles. The molecule has 2 bridgehead atoms. The van der Waals surface area contributed by atoms with E-state index in [0.717, 1.165) is 25.9 Å². The van der Waals surface area contributed by atoms with E-state index in [1.807, 2.05) is 0 Å². The molecule has 4 heterocycles. The van der Waals surface area contributed by atoms with Crippen LogP contribution >= 0.6 is 11.3 Å². The standard InChI is InChI=1S/C28H25F2N3O3S/c29-21-5-1-3-19(13-21)27(20-4-2-6-22(30)14-20)36-28(35)32-24-16-33(11-9-18(24)10-12-33)17-25(34)26-8-7-23(15-31)37-26/h1-8,13-14,18,24,27H,9-12,16-17H2/p+1/t18?,24-,33?/m0/s1. The number of nitriles is 1. The topological polar surface area (TPSA) is 79.2 Å². The summed E-state index contributed by atoms with van der Waals surface area (Å²) >= 11 is 1.20. The molecule has 3 aromatic rings. The van der Waals surface area contributed by atoms with Crippen LogP contribution in [0.4, 0.5) is 13.6 Å². The smallest absolute Gasteiger partial charge is 0.408 e. The number of hydrogen-bond acceptors (Lipinski definition) is 5. The number of fused-ring (bicyclic) bond motifs is 3. The maximum Gasteiger partial charge on any atom is 0.408 e. The lowest BCUT2D eigenvalue weighted by Gasteiger charge is -2.52. The van der Waals surface area contributed by atoms with Crippen LogP contribution in [0.25, 0.3) is 0 Å². The van der Waals surface area contributed by atoms with Crippen molar-refractivity contribution in [3.8, 4) is 6.07 Å². The van der Waals surface area contributed by atoms with Crippen LogP contribution in [0.1, 0.15) is 44.6 Å². The van der Waals surface area contributed by atoms with Gasteiger partial charge in [-0.3, -0.25) is 4.79 Å². The molecule has 0 radical (unpaired) electrons. The number of alkyl carbamates (subject to hydrolysis) is 1. The molecule has 1 atom stereocenters. The van der Waals surface area contributed by atoms with Gasteiger partial charge in [-0.05, 0) is 53.4 Å². The molecule has 3 fully saturated rings. The van der Waals surface area contributed by atoms with Gasteiger partial charge < -0.3 is 14.5 Å². The number of piperidine rings is 3. The van der Waals surface area contributed by atoms with E-state index in [4.69, 9.17) is 10.00 Å². The molecule has 1 amide bonds. The van der Waals surface area contributed by atoms with E-state index in [1.54, 1.807) is 24.3 Å². The van der Waals surface area contributed by atoms with Crippen molar-refractivity contribution < 1.29 is 27.6 Å². The molecule has 0 aliphatic carbocycles. The second-order valence-corrected chi connectivity index (χ2v) is 10.9. The summed E-state index contributed by atoms with van der Waals surface area (Å²) in [7, 11) is 0. The van der Waals surface area contributed by atoms with Gasteiger partial charge in [0.05, 0.1) is 30.6 Å². The first-order valence-electron chi connectivity index (χ1n) is 12.2. The summed E-state index contributed by atoms with van der Waals surface area (Å²) in [4.78, 5) is 27.1. The summed E-state index contributed by atoms with van der Waals surface area (Å²) in [6, 6.07) is 16.7. The van der Waals surface area contributed by atoms with Crippen molar-refractivity contribution in [2.45, 2.75) is 25.0 Å². The molecule has 0 spiro atoms. The van der Waals surface area contributed by atoms with Crippen LogP contribution in [0.2, 0.25) is 0 Å². The van der Waals surface area contributed by atoms with Gasteiger partial charge in [0.2, 0.25) is 5.78 Å². The molecule has 37 heavy (non-hydrogen) atoms. The molecule has 6 nitrogen and oxygen atoms in total. The zero-order chi connectivity index (χ0) is 26.0. The zero-order valence-electron chi connectivity index (χ0n) is 20.0. The predicted molar refractivity (Wildman–Crippen MR) is 134 cm³/mol. The first-order chi connectivity index (χ1) is 17.8. The number of carbonyl (C=O) groups is 2. The monoisotopic (exact) mass is 522 g/mol. The highest BCUT2D eigenvalue weighted by molar-refractivity contribution is 7.14. The Morgan fingerprint density at radius 1 is 1.05 bits per heavy atom. The third-order valence-corrected chi connectivity index (χ3v) is 8.43. The number of nitrogens with zero attached hydrogens (tertiary/aromatic N) is 2. The summed E-state index contributed by atoms with van der Waals surface area (Å²) in [5.74, 6) is -0.685. The fourth-order valence-electron chi connectivity index (χ4n) is 5.56. The molecule has 190 valence electrons. The number of thiophene rings is 1. The first-order valence-corrected chi connectivity index (χ1v) is 13.0. The summed E-state index contributed by atoms with van der Waals surface area (Å²) in [6.45, 7) is 2.64. The van der Waals surface area contributed by atoms with Gasteiger partial charge in [-0.2, -0.15) is 5.26 Å². The minimum absolute atomic E-state index is 0.00505. The summed E-state index contributed by atoms with van der Waals surface area (Å²) in [6.07, 6.45) is 0.108. The molecule has 3 aliphatic heterocycles. The number of nitrogens with one attached hydrogen (secondary N) is 1. The van der Waals surface area contributed by atoms with Crippen LogP contribution in [0, 0.1) is 28.9 Å². The zero-order valence-corrected chi connectivity index (χ0v) is 20.8. The summed E-state index contributed by atoms with van der Waals surface area (Å²) in [5, 5.41) is 12.1. The number of ether oxygens (including phenoxy) is 1. The van der Waals surface area contributed by atoms with Crippen molar-refractivity contribution in [1.82, 2.24) is 5.32 Å². The molecule has 6 rings (SSSR count). The van der Waals surface area contributed by atoms with Crippen molar-refractivity contribution in [2.24, 2.45) is 5.92 Å². The lowest BCUT2D eigenvalue weighted by atomic mass is 9.81. The molecule has 1 N–H and O–H groups in total. The van der Waals surface area contributed by atoms with E-state index in [1.165, 1.54) is 47.7 Å². The van der Waals surface area contributed by atoms with Gasteiger partial charge in [-0.1, -0.05) is 24.3 Å². The largest absolute Gasteiger partial charge is 0.436 e. The third-order valence-electron chi connectivity index (χ3n) is 7.40. The molecule has 0 saturated carbocycles. The Balaban J connectivity index is 1.29. The Hall–Kier alpha value is -3.61. The molecule has 2 aromatic carbocycles. The van der Waals surface area contributed by atoms with E-state index in [9.17, 15) is 18.4 Å². The number of hydrogen-bond donors (Lipinski definition) is 1. The van der Waals surface area contributed by atoms with Crippen molar-refractivity contribution in [3.63, 3.8) is 0 Å². The number of quaternary nitrogens is 1. The van der Waals surface area contributed by atoms with Crippen LogP contribution in [-0.2, 0) is 4.74 Å². The Morgan fingerprint density at radius 2 is 1.70 bits per heavy atom. The second-order valence-electron chi connectivity index (χ2n) is 9.81. The maximum atomic E-state index is 14.0. The molecule has 3 aliphatic rings. The first kappa shape index (κ1) is 25.1. The molecular weight excluding hydrogens is 496 g/mol. The Bertz CT molecular complexity index is 1310. The highest BCUT2D eigenvalue weighted by Gasteiger charge is 2.47. The van der Waals surface area contributed by atoms with E-state index in [2.05, 4.69) is 11.4 Å². The number of benzene rings is 2. The normalized spacial score (nSPS) is 22.4. The average Bonchev–Trinajstić information content (AvgIpc) is 3.37. The van der Waals surface area contributed by atoms with Crippen molar-refractivity contribution in [2.75, 3.05) is 26.2 Å². The van der Waals surface area contributed by atoms with Gasteiger partial charge in [-0.15, -0.1) is 11.3 Å². The second kappa shape index (κ2) is 10.4. The Morgan fingerprint density at radius 3 is 2.27 bits per heavy atom. The lowest BCUT2D eigenvalue weighted by molar-refractivity contribution is -0.936. The summed E-state index contributed by atoms with van der Waals surface area (Å²) < 4.78 is 34.2. The van der Waals surface area contributed by atoms with Crippen molar-refractivity contribution in [3.05, 3.63) is 93.2 Å². The van der Waals surface area contributed by atoms with Crippen LogP contribution in [0.15, 0.2) is 60.7 Å². The van der Waals surface area contributed by atoms with Gasteiger partial charge in [0, 0.05) is 12.8 Å². The number of amides is 1. The SMILES string of the molecule is N#Cc1ccc(C(=O)C[N+]23CCC(CC2)[C@@H](NC(=O)OC(c2cccc(F)c2)c2cccc(F)c2)C3)s1. The number of halogens is 2. The van der Waals surface area contributed by atoms with Crippen LogP contribution < -0.4 is 5.32 Å². The van der Waals surface area contributed by atoms with Crippen molar-refractivity contribution >= 4 is 23.2 Å². The highest BCUT2D eigenvalue weighted by atomic mass is 32.1. The highest BCUT2D eigenvalue weighted by Crippen LogP contribution is 2.35. The fourth-order valence-corrected chi connectivity index (χ4v) is 6.30. The molecular formula is C28H26F2N3O3S+. The lowest BCUT2D eigenvalue weighted by Crippen LogP contribution is -2.68. The van der Waals surface area contributed by atoms with Crippen LogP contribution in [0.5, 0.6) is 0 Å². The number of ketones is 1. The van der Waals surface area contributed by atoms with Gasteiger partial charge >= 0.3 is 6.09 Å². The summed E-state index contributed by atoms with van der Waals surface area (Å²) in [5.41, 5.74) is 0.799. The van der Waals surface area contributed by atoms with E-state index in [0.29, 0.717) is 38.5 Å². The number of carbonyl (C=O) groups excluding carboxylic acids is 2. The van der Waals surface area contributed by atoms with Crippen LogP contribution in [0.3, 0.4) is 0 Å². The van der Waals surface area contributed by atoms with E-state index >= 15 is 0 Å². The average molecular weight is 523 g/mol. The van der Waals surface area contributed by atoms with Crippen molar-refractivity contribution in [1.29, 1.82) is 5.26 Å². The van der Waals surface area contributed by atoms with Crippen LogP contribution in [-0.4, -0.2) is 48.6 Å². The maximum absolute atomic E-state index is 14.0. The minimum Gasteiger partial charge on any atom is -0.436 e. The minimum atomic E-state index is -0.981. The molecule has 1 aromatic heterocycles. The molecule has 9 heteroatoms. The quantitative estimate of drug-likeness (QED) is 0.342. The predicted octanol–water partition coefficient (Wildman–Crippen LogP) is 5.21. The van der Waals surface area contributed by atoms with Gasteiger partial charge in [0.15, 0.2) is 6.10 Å². The van der Waals surface area contributed by atoms with E-state index < -0.39 is 23.8 Å².